The smallest absolute Gasteiger partial charge is 0.241 e. The highest BCUT2D eigenvalue weighted by Gasteiger charge is 2.38. The van der Waals surface area contributed by atoms with E-state index < -0.39 is 26.5 Å². The van der Waals surface area contributed by atoms with Gasteiger partial charge >= 0.3 is 0 Å². The molecule has 2 amide bonds. The number of sulfone groups is 1. The van der Waals surface area contributed by atoms with Crippen LogP contribution in [0.2, 0.25) is 0 Å². The summed E-state index contributed by atoms with van der Waals surface area (Å²) in [5.74, 6) is 0.00390. The predicted molar refractivity (Wildman–Crippen MR) is 135 cm³/mol. The zero-order chi connectivity index (χ0) is 24.6. The number of unbranched alkanes of at least 4 members (excludes halogenated alkanes) is 1. The molecule has 34 heavy (non-hydrogen) atoms. The van der Waals surface area contributed by atoms with Crippen LogP contribution in [0.1, 0.15) is 32.3 Å². The fraction of sp³-hybridized carbons (Fsp3) is 0.417. The van der Waals surface area contributed by atoms with E-state index in [-0.39, 0.29) is 23.1 Å². The normalized spacial score (nSPS) is 18.2. The quantitative estimate of drug-likeness (QED) is 0.430. The summed E-state index contributed by atoms with van der Waals surface area (Å²) in [5, 5.41) is 7.23. The van der Waals surface area contributed by atoms with Crippen LogP contribution in [-0.4, -0.2) is 49.9 Å². The van der Waals surface area contributed by atoms with Crippen molar-refractivity contribution in [2.24, 2.45) is 0 Å². The van der Waals surface area contributed by atoms with Crippen LogP contribution in [0, 0.1) is 0 Å². The van der Waals surface area contributed by atoms with Gasteiger partial charge in [-0.05, 0) is 61.7 Å². The van der Waals surface area contributed by atoms with Crippen LogP contribution in [0.3, 0.4) is 0 Å². The fourth-order valence-corrected chi connectivity index (χ4v) is 5.79. The number of aryl methyl sites for hydroxylation is 1. The highest BCUT2D eigenvalue weighted by atomic mass is 32.2. The number of ether oxygens (including phenoxy) is 1. The van der Waals surface area contributed by atoms with Crippen LogP contribution in [0.5, 0.6) is 5.75 Å². The molecular weight excluding hydrogens is 474 g/mol. The third-order valence-electron chi connectivity index (χ3n) is 5.33. The number of thioether (sulfide) groups is 1. The Morgan fingerprint density at radius 1 is 1.12 bits per heavy atom. The molecule has 0 spiro atoms. The molecule has 1 aliphatic rings. The second-order valence-corrected chi connectivity index (χ2v) is 11.1. The molecule has 184 valence electrons. The van der Waals surface area contributed by atoms with Gasteiger partial charge in [0.2, 0.25) is 11.8 Å². The molecule has 2 aromatic rings. The van der Waals surface area contributed by atoms with Gasteiger partial charge in [-0.25, -0.2) is 8.42 Å². The monoisotopic (exact) mass is 505 g/mol. The van der Waals surface area contributed by atoms with Crippen molar-refractivity contribution in [1.29, 1.82) is 0 Å². The van der Waals surface area contributed by atoms with Crippen molar-refractivity contribution < 1.29 is 22.7 Å². The van der Waals surface area contributed by atoms with Gasteiger partial charge in [0.15, 0.2) is 15.1 Å². The number of anilines is 1. The molecule has 1 aliphatic heterocycles. The Bertz CT molecular complexity index is 1070. The Morgan fingerprint density at radius 3 is 2.44 bits per heavy atom. The highest BCUT2D eigenvalue weighted by Crippen LogP contribution is 2.21. The van der Waals surface area contributed by atoms with Gasteiger partial charge in [0, 0.05) is 12.2 Å². The van der Waals surface area contributed by atoms with E-state index in [2.05, 4.69) is 22.9 Å². The molecule has 3 N–H and O–H groups in total. The number of benzene rings is 2. The molecule has 1 saturated heterocycles. The largest absolute Gasteiger partial charge is 0.494 e. The Kier molecular flexibility index (Phi) is 9.37. The van der Waals surface area contributed by atoms with E-state index in [1.54, 1.807) is 48.5 Å². The van der Waals surface area contributed by atoms with Crippen molar-refractivity contribution in [3.8, 4) is 5.75 Å². The summed E-state index contributed by atoms with van der Waals surface area (Å²) < 4.78 is 31.3. The first-order chi connectivity index (χ1) is 16.3. The topological polar surface area (TPSA) is 114 Å². The molecule has 0 aliphatic carbocycles. The van der Waals surface area contributed by atoms with Crippen LogP contribution in [-0.2, 0) is 25.8 Å². The molecule has 0 saturated carbocycles. The number of carbonyl (C=O) groups is 2. The van der Waals surface area contributed by atoms with E-state index >= 15 is 0 Å². The minimum Gasteiger partial charge on any atom is -0.494 e. The second kappa shape index (κ2) is 12.2. The zero-order valence-corrected chi connectivity index (χ0v) is 21.0. The maximum atomic E-state index is 13.0. The Hall–Kier alpha value is -2.56. The molecule has 1 heterocycles. The van der Waals surface area contributed by atoms with Crippen LogP contribution in [0.25, 0.3) is 0 Å². The average molecular weight is 506 g/mol. The highest BCUT2D eigenvalue weighted by molar-refractivity contribution is 8.00. The fourth-order valence-electron chi connectivity index (χ4n) is 3.48. The lowest BCUT2D eigenvalue weighted by Crippen LogP contribution is -2.59. The van der Waals surface area contributed by atoms with Gasteiger partial charge in [0.1, 0.15) is 11.2 Å². The van der Waals surface area contributed by atoms with Gasteiger partial charge in [-0.15, -0.1) is 11.8 Å². The molecule has 10 heteroatoms. The lowest BCUT2D eigenvalue weighted by molar-refractivity contribution is -0.122. The van der Waals surface area contributed by atoms with Crippen LogP contribution < -0.4 is 20.7 Å². The summed E-state index contributed by atoms with van der Waals surface area (Å²) in [6.07, 6.45) is 3.00. The third-order valence-corrected chi connectivity index (χ3v) is 8.44. The number of carbonyl (C=O) groups excluding carboxylic acids is 2. The second-order valence-electron chi connectivity index (χ2n) is 7.89. The molecule has 3 rings (SSSR count). The average Bonchev–Trinajstić information content (AvgIpc) is 2.83. The summed E-state index contributed by atoms with van der Waals surface area (Å²) in [5.41, 5.74) is 1.16. The van der Waals surface area contributed by atoms with E-state index in [0.717, 1.165) is 30.6 Å². The van der Waals surface area contributed by atoms with E-state index in [9.17, 15) is 18.0 Å². The van der Waals surface area contributed by atoms with Crippen molar-refractivity contribution >= 4 is 39.1 Å². The lowest BCUT2D eigenvalue weighted by atomic mass is 10.1. The van der Waals surface area contributed by atoms with Crippen LogP contribution in [0.4, 0.5) is 5.69 Å². The molecule has 0 bridgehead atoms. The molecule has 1 fully saturated rings. The van der Waals surface area contributed by atoms with Gasteiger partial charge < -0.3 is 15.4 Å². The Balaban J connectivity index is 1.49. The Morgan fingerprint density at radius 2 is 1.82 bits per heavy atom. The van der Waals surface area contributed by atoms with Gasteiger partial charge in [0.25, 0.3) is 0 Å². The van der Waals surface area contributed by atoms with Crippen LogP contribution >= 0.6 is 11.8 Å². The van der Waals surface area contributed by atoms with Gasteiger partial charge in [-0.2, -0.15) is 0 Å². The summed E-state index contributed by atoms with van der Waals surface area (Å²) in [7, 11) is -3.82. The van der Waals surface area contributed by atoms with E-state index in [1.165, 1.54) is 11.8 Å². The molecule has 2 unspecified atom stereocenters. The zero-order valence-electron chi connectivity index (χ0n) is 19.4. The number of amides is 2. The molecule has 2 atom stereocenters. The first kappa shape index (κ1) is 26.1. The molecular formula is C24H31N3O5S2. The van der Waals surface area contributed by atoms with Crippen molar-refractivity contribution in [3.05, 3.63) is 54.1 Å². The van der Waals surface area contributed by atoms with Gasteiger partial charge in [0.05, 0.1) is 17.3 Å². The van der Waals surface area contributed by atoms with Crippen molar-refractivity contribution in [3.63, 3.8) is 0 Å². The number of hydrogen-bond donors (Lipinski definition) is 3. The molecule has 0 aromatic heterocycles. The van der Waals surface area contributed by atoms with Gasteiger partial charge in [-0.1, -0.05) is 25.5 Å². The first-order valence-corrected chi connectivity index (χ1v) is 13.9. The third kappa shape index (κ3) is 6.97. The van der Waals surface area contributed by atoms with Crippen molar-refractivity contribution in [2.75, 3.05) is 24.2 Å². The maximum Gasteiger partial charge on any atom is 0.241 e. The Labute approximate surface area is 205 Å². The maximum absolute atomic E-state index is 13.0. The molecule has 0 radical (unpaired) electrons. The molecule has 2 aromatic carbocycles. The summed E-state index contributed by atoms with van der Waals surface area (Å²) >= 11 is 1.18. The minimum absolute atomic E-state index is 0.0239. The first-order valence-electron chi connectivity index (χ1n) is 11.3. The van der Waals surface area contributed by atoms with E-state index in [4.69, 9.17) is 4.74 Å². The van der Waals surface area contributed by atoms with Crippen molar-refractivity contribution in [2.45, 2.75) is 48.8 Å². The van der Waals surface area contributed by atoms with Gasteiger partial charge in [-0.3, -0.25) is 14.9 Å². The summed E-state index contributed by atoms with van der Waals surface area (Å²) in [6, 6.07) is 13.8. The predicted octanol–water partition coefficient (Wildman–Crippen LogP) is 2.95. The SMILES string of the molecule is CCCCc1ccc(S(=O)(=O)C2CNC(SCC(=O)Nc3ccc(OCC)cc3)NC2=O)cc1. The standard InChI is InChI=1S/C24H31N3O5S2/c1-3-5-6-17-7-13-20(14-8-17)34(30,31)21-15-25-24(27-23(21)29)33-16-22(28)26-18-9-11-19(12-10-18)32-4-2/h7-14,21,24-25H,3-6,15-16H2,1-2H3,(H,26,28)(H,27,29). The lowest BCUT2D eigenvalue weighted by Gasteiger charge is -2.29. The number of nitrogens with one attached hydrogen (secondary N) is 3. The van der Waals surface area contributed by atoms with Crippen LogP contribution in [0.15, 0.2) is 53.4 Å². The summed E-state index contributed by atoms with van der Waals surface area (Å²) in [6.45, 7) is 4.54. The molecule has 8 nitrogen and oxygen atoms in total. The van der Waals surface area contributed by atoms with E-state index in [0.29, 0.717) is 12.3 Å². The van der Waals surface area contributed by atoms with Crippen molar-refractivity contribution in [1.82, 2.24) is 10.6 Å². The minimum atomic E-state index is -3.82. The van der Waals surface area contributed by atoms with E-state index in [1.807, 2.05) is 6.92 Å². The summed E-state index contributed by atoms with van der Waals surface area (Å²) in [4.78, 5) is 25.0. The number of rotatable bonds is 11. The number of hydrogen-bond acceptors (Lipinski definition) is 7.